The summed E-state index contributed by atoms with van der Waals surface area (Å²) in [6.45, 7) is 12.7. The summed E-state index contributed by atoms with van der Waals surface area (Å²) < 4.78 is 0. The van der Waals surface area contributed by atoms with Gasteiger partial charge in [0.25, 0.3) is 0 Å². The summed E-state index contributed by atoms with van der Waals surface area (Å²) >= 11 is 0. The highest BCUT2D eigenvalue weighted by Crippen LogP contribution is 2.67. The van der Waals surface area contributed by atoms with E-state index in [-0.39, 0.29) is 0 Å². The monoisotopic (exact) mass is 298 g/mol. The lowest BCUT2D eigenvalue weighted by Crippen LogP contribution is -2.42. The molecule has 0 saturated heterocycles. The van der Waals surface area contributed by atoms with Crippen LogP contribution in [0.1, 0.15) is 92.4 Å². The first-order valence-corrected chi connectivity index (χ1v) is 9.73. The Balaban J connectivity index is 1.85. The molecule has 0 spiro atoms. The van der Waals surface area contributed by atoms with Crippen molar-refractivity contribution in [1.82, 2.24) is 0 Å². The first kappa shape index (κ1) is 15.0. The van der Waals surface area contributed by atoms with Gasteiger partial charge in [-0.05, 0) is 85.2 Å². The number of allylic oxidation sites excluding steroid dienone is 4. The topological polar surface area (TPSA) is 0 Å². The zero-order chi connectivity index (χ0) is 15.8. The highest BCUT2D eigenvalue weighted by Gasteiger charge is 2.55. The van der Waals surface area contributed by atoms with Crippen LogP contribution >= 0.6 is 0 Å². The second-order valence-electron chi connectivity index (χ2n) is 9.90. The van der Waals surface area contributed by atoms with Crippen molar-refractivity contribution in [3.8, 4) is 0 Å². The first-order chi connectivity index (χ1) is 10.3. The third-order valence-electron chi connectivity index (χ3n) is 8.55. The summed E-state index contributed by atoms with van der Waals surface area (Å²) in [6.07, 6.45) is 12.8. The lowest BCUT2D eigenvalue weighted by atomic mass is 9.51. The predicted octanol–water partition coefficient (Wildman–Crippen LogP) is 6.82. The molecule has 1 fully saturated rings. The maximum absolute atomic E-state index is 2.63. The van der Waals surface area contributed by atoms with Crippen LogP contribution in [0.15, 0.2) is 22.3 Å². The van der Waals surface area contributed by atoms with Gasteiger partial charge in [0.1, 0.15) is 0 Å². The normalized spacial score (nSPS) is 43.8. The van der Waals surface area contributed by atoms with Crippen molar-refractivity contribution in [3.63, 3.8) is 0 Å². The molecule has 0 aromatic carbocycles. The largest absolute Gasteiger partial charge is 0.0687 e. The van der Waals surface area contributed by atoms with Crippen LogP contribution in [0.2, 0.25) is 0 Å². The SMILES string of the molecule is CC1=C2C3=C(CC[C@]2(C)C(C)(C)C1)[C@@]1(C)CCCCC1CC3. The molecule has 22 heavy (non-hydrogen) atoms. The molecular weight excluding hydrogens is 264 g/mol. The van der Waals surface area contributed by atoms with Crippen LogP contribution in [0.25, 0.3) is 0 Å². The lowest BCUT2D eigenvalue weighted by Gasteiger charge is -2.54. The summed E-state index contributed by atoms with van der Waals surface area (Å²) in [5.41, 5.74) is 8.74. The molecule has 0 bridgehead atoms. The molecule has 0 heteroatoms. The van der Waals surface area contributed by atoms with Crippen molar-refractivity contribution in [2.45, 2.75) is 92.4 Å². The van der Waals surface area contributed by atoms with E-state index in [1.165, 1.54) is 57.8 Å². The van der Waals surface area contributed by atoms with E-state index in [9.17, 15) is 0 Å². The zero-order valence-corrected chi connectivity index (χ0v) is 15.4. The van der Waals surface area contributed by atoms with Crippen LogP contribution in [-0.2, 0) is 0 Å². The molecule has 122 valence electrons. The Labute approximate surface area is 137 Å². The molecule has 1 unspecified atom stereocenters. The molecule has 4 aliphatic carbocycles. The molecule has 0 aromatic rings. The summed E-state index contributed by atoms with van der Waals surface area (Å²) in [7, 11) is 0. The van der Waals surface area contributed by atoms with E-state index < -0.39 is 0 Å². The number of fused-ring (bicyclic) bond motifs is 4. The summed E-state index contributed by atoms with van der Waals surface area (Å²) in [5.74, 6) is 0.986. The maximum atomic E-state index is 2.63. The van der Waals surface area contributed by atoms with Gasteiger partial charge < -0.3 is 0 Å². The standard InChI is InChI=1S/C22H34/c1-15-14-20(2,3)22(5)13-11-18-17(19(15)22)10-9-16-8-6-7-12-21(16,18)4/h16H,6-14H2,1-5H3/t16?,21-,22-/m0/s1. The van der Waals surface area contributed by atoms with E-state index in [1.54, 1.807) is 5.57 Å². The van der Waals surface area contributed by atoms with E-state index in [0.717, 1.165) is 5.92 Å². The predicted molar refractivity (Wildman–Crippen MR) is 94.8 cm³/mol. The molecule has 0 aliphatic heterocycles. The van der Waals surface area contributed by atoms with E-state index >= 15 is 0 Å². The maximum Gasteiger partial charge on any atom is -0.00159 e. The van der Waals surface area contributed by atoms with Crippen LogP contribution in [0.4, 0.5) is 0 Å². The molecule has 0 heterocycles. The third-order valence-corrected chi connectivity index (χ3v) is 8.55. The highest BCUT2D eigenvalue weighted by atomic mass is 14.6. The van der Waals surface area contributed by atoms with E-state index in [2.05, 4.69) is 34.6 Å². The third kappa shape index (κ3) is 1.70. The average Bonchev–Trinajstić information content (AvgIpc) is 2.63. The van der Waals surface area contributed by atoms with Gasteiger partial charge >= 0.3 is 0 Å². The summed E-state index contributed by atoms with van der Waals surface area (Å²) in [4.78, 5) is 0. The summed E-state index contributed by atoms with van der Waals surface area (Å²) in [5, 5.41) is 0. The van der Waals surface area contributed by atoms with Crippen LogP contribution in [0, 0.1) is 22.2 Å². The number of hydrogen-bond acceptors (Lipinski definition) is 0. The van der Waals surface area contributed by atoms with Gasteiger partial charge in [-0.25, -0.2) is 0 Å². The van der Waals surface area contributed by atoms with Gasteiger partial charge in [-0.1, -0.05) is 51.7 Å². The highest BCUT2D eigenvalue weighted by molar-refractivity contribution is 5.52. The van der Waals surface area contributed by atoms with Gasteiger partial charge in [-0.2, -0.15) is 0 Å². The van der Waals surface area contributed by atoms with Gasteiger partial charge in [-0.15, -0.1) is 0 Å². The van der Waals surface area contributed by atoms with Crippen LogP contribution in [0.5, 0.6) is 0 Å². The molecule has 0 amide bonds. The fourth-order valence-corrected chi connectivity index (χ4v) is 6.98. The molecule has 0 radical (unpaired) electrons. The number of hydrogen-bond donors (Lipinski definition) is 0. The Hall–Kier alpha value is -0.520. The molecule has 0 nitrogen and oxygen atoms in total. The Kier molecular flexibility index (Phi) is 3.09. The second kappa shape index (κ2) is 4.52. The van der Waals surface area contributed by atoms with Crippen LogP contribution < -0.4 is 0 Å². The smallest absolute Gasteiger partial charge is 0.00159 e. The molecule has 3 atom stereocenters. The van der Waals surface area contributed by atoms with E-state index in [0.29, 0.717) is 16.2 Å². The van der Waals surface area contributed by atoms with Crippen LogP contribution in [0.3, 0.4) is 0 Å². The minimum Gasteiger partial charge on any atom is -0.0687 e. The van der Waals surface area contributed by atoms with Crippen molar-refractivity contribution in [2.24, 2.45) is 22.2 Å². The van der Waals surface area contributed by atoms with Gasteiger partial charge in [0.05, 0.1) is 0 Å². The van der Waals surface area contributed by atoms with Crippen LogP contribution in [-0.4, -0.2) is 0 Å². The van der Waals surface area contributed by atoms with Crippen molar-refractivity contribution in [2.75, 3.05) is 0 Å². The van der Waals surface area contributed by atoms with Gasteiger partial charge in [0.2, 0.25) is 0 Å². The minimum absolute atomic E-state index is 0.438. The lowest BCUT2D eigenvalue weighted by molar-refractivity contribution is 0.0972. The van der Waals surface area contributed by atoms with Gasteiger partial charge in [0, 0.05) is 0 Å². The molecule has 4 rings (SSSR count). The average molecular weight is 299 g/mol. The van der Waals surface area contributed by atoms with Crippen molar-refractivity contribution < 1.29 is 0 Å². The molecule has 0 N–H and O–H groups in total. The quantitative estimate of drug-likeness (QED) is 0.460. The zero-order valence-electron chi connectivity index (χ0n) is 15.4. The van der Waals surface area contributed by atoms with Crippen molar-refractivity contribution >= 4 is 0 Å². The fraction of sp³-hybridized carbons (Fsp3) is 0.818. The van der Waals surface area contributed by atoms with Crippen molar-refractivity contribution in [3.05, 3.63) is 22.3 Å². The Morgan fingerprint density at radius 2 is 1.68 bits per heavy atom. The Morgan fingerprint density at radius 1 is 0.909 bits per heavy atom. The molecule has 0 aromatic heterocycles. The second-order valence-corrected chi connectivity index (χ2v) is 9.90. The Bertz CT molecular complexity index is 573. The fourth-order valence-electron chi connectivity index (χ4n) is 6.98. The molecular formula is C22H34. The first-order valence-electron chi connectivity index (χ1n) is 9.73. The van der Waals surface area contributed by atoms with E-state index in [4.69, 9.17) is 0 Å². The molecule has 4 aliphatic rings. The van der Waals surface area contributed by atoms with E-state index in [1.807, 2.05) is 16.7 Å². The van der Waals surface area contributed by atoms with Gasteiger partial charge in [-0.3, -0.25) is 0 Å². The molecule has 1 saturated carbocycles. The van der Waals surface area contributed by atoms with Crippen molar-refractivity contribution in [1.29, 1.82) is 0 Å². The minimum atomic E-state index is 0.438. The summed E-state index contributed by atoms with van der Waals surface area (Å²) in [6, 6.07) is 0. The Morgan fingerprint density at radius 3 is 2.45 bits per heavy atom. The number of rotatable bonds is 0. The van der Waals surface area contributed by atoms with Gasteiger partial charge in [0.15, 0.2) is 0 Å².